The van der Waals surface area contributed by atoms with Gasteiger partial charge in [-0.25, -0.2) is 21.6 Å². The summed E-state index contributed by atoms with van der Waals surface area (Å²) in [6.45, 7) is 0.398. The van der Waals surface area contributed by atoms with Crippen molar-refractivity contribution >= 4 is 16.0 Å². The number of hydrogen-bond donors (Lipinski definition) is 0. The number of halogens is 3. The second-order valence-electron chi connectivity index (χ2n) is 5.39. The fourth-order valence-corrected chi connectivity index (χ4v) is 4.34. The largest absolute Gasteiger partial charge is 0.468 e. The van der Waals surface area contributed by atoms with E-state index in [1.807, 2.05) is 0 Å². The Kier molecular flexibility index (Phi) is 4.72. The third-order valence-electron chi connectivity index (χ3n) is 3.87. The summed E-state index contributed by atoms with van der Waals surface area (Å²) in [5.41, 5.74) is 0. The molecule has 0 N–H and O–H groups in total. The number of carbonyl (C=O) groups is 1. The summed E-state index contributed by atoms with van der Waals surface area (Å²) in [5.74, 6) is -6.40. The molecule has 0 spiro atoms. The van der Waals surface area contributed by atoms with E-state index in [2.05, 4.69) is 4.74 Å². The molecule has 0 bridgehead atoms. The van der Waals surface area contributed by atoms with Gasteiger partial charge in [-0.1, -0.05) is 0 Å². The van der Waals surface area contributed by atoms with Gasteiger partial charge in [0.1, 0.15) is 11.9 Å². The molecular weight excluding hydrogens is 335 g/mol. The molecule has 9 heteroatoms. The number of esters is 1. The van der Waals surface area contributed by atoms with Gasteiger partial charge in [0.25, 0.3) is 0 Å². The smallest absolute Gasteiger partial charge is 0.324 e. The van der Waals surface area contributed by atoms with E-state index in [1.54, 1.807) is 0 Å². The zero-order chi connectivity index (χ0) is 17.4. The highest BCUT2D eigenvalue weighted by Gasteiger charge is 2.54. The lowest BCUT2D eigenvalue weighted by molar-refractivity contribution is -0.150. The zero-order valence-corrected chi connectivity index (χ0v) is 13.3. The molecular formula is C14H16F3NO4S. The highest BCUT2D eigenvalue weighted by molar-refractivity contribution is 7.89. The summed E-state index contributed by atoms with van der Waals surface area (Å²) in [7, 11) is -3.21. The lowest BCUT2D eigenvalue weighted by Crippen LogP contribution is -2.47. The van der Waals surface area contributed by atoms with Crippen molar-refractivity contribution in [1.82, 2.24) is 4.31 Å². The molecule has 1 heterocycles. The Morgan fingerprint density at radius 2 is 1.87 bits per heavy atom. The van der Waals surface area contributed by atoms with E-state index >= 15 is 0 Å². The molecule has 23 heavy (non-hydrogen) atoms. The molecule has 128 valence electrons. The maximum absolute atomic E-state index is 13.7. The lowest BCUT2D eigenvalue weighted by atomic mass is 9.94. The molecule has 2 atom stereocenters. The predicted molar refractivity (Wildman–Crippen MR) is 74.8 cm³/mol. The normalized spacial score (nSPS) is 23.0. The average Bonchev–Trinajstić information content (AvgIpc) is 2.92. The second-order valence-corrected chi connectivity index (χ2v) is 7.28. The van der Waals surface area contributed by atoms with Crippen LogP contribution in [0.2, 0.25) is 0 Å². The van der Waals surface area contributed by atoms with E-state index in [0.717, 1.165) is 31.4 Å². The van der Waals surface area contributed by atoms with Crippen molar-refractivity contribution in [2.45, 2.75) is 30.2 Å². The number of benzene rings is 1. The Morgan fingerprint density at radius 3 is 2.35 bits per heavy atom. The number of hydrogen-bond acceptors (Lipinski definition) is 4. The molecule has 2 rings (SSSR count). The van der Waals surface area contributed by atoms with E-state index in [4.69, 9.17) is 0 Å². The van der Waals surface area contributed by atoms with Crippen LogP contribution in [0.3, 0.4) is 0 Å². The summed E-state index contributed by atoms with van der Waals surface area (Å²) in [6, 6.07) is 2.33. The van der Waals surface area contributed by atoms with Crippen molar-refractivity contribution in [3.8, 4) is 0 Å². The highest BCUT2D eigenvalue weighted by atomic mass is 32.2. The van der Waals surface area contributed by atoms with Crippen LogP contribution in [-0.4, -0.2) is 44.3 Å². The van der Waals surface area contributed by atoms with E-state index < -0.39 is 39.7 Å². The van der Waals surface area contributed by atoms with Crippen molar-refractivity contribution in [2.75, 3.05) is 13.7 Å². The number of methoxy groups -OCH3 is 1. The number of ether oxygens (including phenoxy) is 1. The van der Waals surface area contributed by atoms with Gasteiger partial charge < -0.3 is 4.74 Å². The number of carbonyl (C=O) groups excluding carboxylic acids is 1. The van der Waals surface area contributed by atoms with E-state index in [9.17, 15) is 26.4 Å². The van der Waals surface area contributed by atoms with Gasteiger partial charge in [0.2, 0.25) is 15.9 Å². The Balaban J connectivity index is 2.44. The molecule has 0 aliphatic carbocycles. The van der Waals surface area contributed by atoms with Crippen LogP contribution in [0.5, 0.6) is 0 Å². The van der Waals surface area contributed by atoms with Gasteiger partial charge >= 0.3 is 5.97 Å². The van der Waals surface area contributed by atoms with Gasteiger partial charge in [0.15, 0.2) is 0 Å². The van der Waals surface area contributed by atoms with Crippen LogP contribution in [0, 0.1) is 11.7 Å². The molecule has 1 aliphatic rings. The van der Waals surface area contributed by atoms with Gasteiger partial charge in [-0.2, -0.15) is 4.31 Å². The standard InChI is InChI=1S/C14H16F3NO4S/c1-14(16,17)11-7-8-18(12(11)13(19)22-2)23(20,21)10-5-3-9(15)4-6-10/h3-6,11-12H,7-8H2,1-2H3/t11?,12-/m0/s1. The minimum Gasteiger partial charge on any atom is -0.468 e. The van der Waals surface area contributed by atoms with Crippen LogP contribution in [-0.2, 0) is 19.6 Å². The Morgan fingerprint density at radius 1 is 1.30 bits per heavy atom. The van der Waals surface area contributed by atoms with E-state index in [1.165, 1.54) is 0 Å². The molecule has 1 unspecified atom stereocenters. The molecule has 0 radical (unpaired) electrons. The quantitative estimate of drug-likeness (QED) is 0.779. The molecule has 1 saturated heterocycles. The fraction of sp³-hybridized carbons (Fsp3) is 0.500. The van der Waals surface area contributed by atoms with Crippen LogP contribution >= 0.6 is 0 Å². The maximum Gasteiger partial charge on any atom is 0.324 e. The molecule has 0 aromatic heterocycles. The molecule has 5 nitrogen and oxygen atoms in total. The molecule has 1 fully saturated rings. The van der Waals surface area contributed by atoms with E-state index in [-0.39, 0.29) is 17.9 Å². The molecule has 1 aromatic carbocycles. The zero-order valence-electron chi connectivity index (χ0n) is 12.5. The fourth-order valence-electron chi connectivity index (χ4n) is 2.71. The van der Waals surface area contributed by atoms with Gasteiger partial charge in [-0.05, 0) is 37.6 Å². The highest BCUT2D eigenvalue weighted by Crippen LogP contribution is 2.39. The minimum atomic E-state index is -4.22. The van der Waals surface area contributed by atoms with Gasteiger partial charge in [-0.15, -0.1) is 0 Å². The van der Waals surface area contributed by atoms with Crippen molar-refractivity contribution in [1.29, 1.82) is 0 Å². The Labute approximate surface area is 132 Å². The molecule has 1 aromatic rings. The summed E-state index contributed by atoms with van der Waals surface area (Å²) in [5, 5.41) is 0. The molecule has 0 amide bonds. The van der Waals surface area contributed by atoms with Crippen molar-refractivity contribution in [3.05, 3.63) is 30.1 Å². The predicted octanol–water partition coefficient (Wildman–Crippen LogP) is 2.03. The number of nitrogens with zero attached hydrogens (tertiary/aromatic N) is 1. The van der Waals surface area contributed by atoms with Crippen LogP contribution in [0.25, 0.3) is 0 Å². The Hall–Kier alpha value is -1.61. The monoisotopic (exact) mass is 351 g/mol. The first kappa shape index (κ1) is 17.7. The topological polar surface area (TPSA) is 63.7 Å². The lowest BCUT2D eigenvalue weighted by Gasteiger charge is -2.28. The summed E-state index contributed by atoms with van der Waals surface area (Å²) in [4.78, 5) is 11.6. The van der Waals surface area contributed by atoms with Gasteiger partial charge in [0, 0.05) is 6.54 Å². The number of rotatable bonds is 4. The van der Waals surface area contributed by atoms with Gasteiger partial charge in [0.05, 0.1) is 17.9 Å². The summed E-state index contributed by atoms with van der Waals surface area (Å²) < 4.78 is 70.8. The van der Waals surface area contributed by atoms with Crippen molar-refractivity contribution in [2.24, 2.45) is 5.92 Å². The van der Waals surface area contributed by atoms with Crippen LogP contribution < -0.4 is 0 Å². The number of sulfonamides is 1. The van der Waals surface area contributed by atoms with Crippen molar-refractivity contribution in [3.63, 3.8) is 0 Å². The summed E-state index contributed by atoms with van der Waals surface area (Å²) >= 11 is 0. The maximum atomic E-state index is 13.7. The van der Waals surface area contributed by atoms with Crippen molar-refractivity contribution < 1.29 is 31.1 Å². The first-order valence-electron chi connectivity index (χ1n) is 6.82. The molecule has 0 saturated carbocycles. The first-order valence-corrected chi connectivity index (χ1v) is 8.26. The van der Waals surface area contributed by atoms with Gasteiger partial charge in [-0.3, -0.25) is 4.79 Å². The third kappa shape index (κ3) is 3.35. The second kappa shape index (κ2) is 6.12. The van der Waals surface area contributed by atoms with Crippen LogP contribution in [0.4, 0.5) is 13.2 Å². The van der Waals surface area contributed by atoms with Crippen LogP contribution in [0.15, 0.2) is 29.2 Å². The Bertz CT molecular complexity index is 685. The van der Waals surface area contributed by atoms with E-state index in [0.29, 0.717) is 11.2 Å². The third-order valence-corrected chi connectivity index (χ3v) is 5.76. The van der Waals surface area contributed by atoms with Crippen LogP contribution in [0.1, 0.15) is 13.3 Å². The number of alkyl halides is 2. The SMILES string of the molecule is COC(=O)[C@@H]1C(C(C)(F)F)CCN1S(=O)(=O)c1ccc(F)cc1. The first-order chi connectivity index (χ1) is 10.6. The molecule has 1 aliphatic heterocycles. The summed E-state index contributed by atoms with van der Waals surface area (Å²) in [6.07, 6.45) is -0.177. The minimum absolute atomic E-state index is 0.177. The average molecular weight is 351 g/mol.